The van der Waals surface area contributed by atoms with Gasteiger partial charge in [0.05, 0.1) is 42.1 Å². The third-order valence-corrected chi connectivity index (χ3v) is 17.2. The van der Waals surface area contributed by atoms with E-state index in [0.29, 0.717) is 76.8 Å². The summed E-state index contributed by atoms with van der Waals surface area (Å²) in [5, 5.41) is 5.01. The van der Waals surface area contributed by atoms with Crippen molar-refractivity contribution in [3.8, 4) is 22.6 Å². The van der Waals surface area contributed by atoms with Crippen LogP contribution in [0.5, 0.6) is 0 Å². The van der Waals surface area contributed by atoms with Gasteiger partial charge in [-0.15, -0.1) is 0 Å². The van der Waals surface area contributed by atoms with Crippen molar-refractivity contribution in [3.05, 3.63) is 47.1 Å². The molecular weight excluding hydrogens is 931 g/mol. The summed E-state index contributed by atoms with van der Waals surface area (Å²) in [6.45, 7) is 25.4. The maximum atomic E-state index is 13.2. The Morgan fingerprint density at radius 1 is 0.797 bits per heavy atom. The quantitative estimate of drug-likeness (QED) is 0.0242. The number of halogens is 1. The molecule has 4 aromatic rings. The molecule has 19 heteroatoms. The van der Waals surface area contributed by atoms with Crippen LogP contribution in [0.2, 0.25) is 77.1 Å². The average molecular weight is 1010 g/mol. The molecule has 4 aromatic heterocycles. The standard InChI is InChI=1S/C45H74BrN7O8Si3/c1-55-20-22-60-44(54)35-14-16-45(17-15-35,61-23-21-56-2)40-39(46)43(52(33-58-25-28-63(6,7)8)34-59-26-29-64(9,10)11)53-41(50-40)37(31-49-53)36-12-13-38(48-30-36)42-47-18-19-51(42)32-57-24-27-62(3,4)5/h12-13,18-19,30-31,35H,14-17,20-29,32-34H2,1-11H3. The molecule has 1 aliphatic rings. The zero-order chi connectivity index (χ0) is 46.5. The Hall–Kier alpha value is -2.86. The molecule has 1 aliphatic carbocycles. The number of hydrogen-bond donors (Lipinski definition) is 0. The second kappa shape index (κ2) is 23.7. The summed E-state index contributed by atoms with van der Waals surface area (Å²) >= 11 is 4.08. The van der Waals surface area contributed by atoms with Crippen LogP contribution in [-0.4, -0.2) is 133 Å². The number of fused-ring (bicyclic) bond motifs is 1. The maximum Gasteiger partial charge on any atom is 0.309 e. The SMILES string of the molecule is COCCOC(=O)C1CCC(OCCOC)(c2nc3c(-c4ccc(-c5nccn5COCC[Si](C)(C)C)nc4)cnn3c(N(COCC[Si](C)(C)C)COCC[Si](C)(C)C)c2Br)CC1. The molecule has 0 saturated heterocycles. The number of methoxy groups -OCH3 is 2. The molecule has 0 radical (unpaired) electrons. The molecular formula is C45H74BrN7O8Si3. The normalized spacial score (nSPS) is 17.3. The minimum absolute atomic E-state index is 0.214. The van der Waals surface area contributed by atoms with Gasteiger partial charge in [-0.05, 0) is 65.8 Å². The lowest BCUT2D eigenvalue weighted by Gasteiger charge is -2.40. The fourth-order valence-electron chi connectivity index (χ4n) is 7.31. The first-order valence-corrected chi connectivity index (χ1v) is 34.6. The Bertz CT molecular complexity index is 2040. The number of carbonyl (C=O) groups excluding carboxylic acids is 1. The highest BCUT2D eigenvalue weighted by molar-refractivity contribution is 9.10. The van der Waals surface area contributed by atoms with Gasteiger partial charge in [-0.1, -0.05) is 65.0 Å². The van der Waals surface area contributed by atoms with Crippen LogP contribution in [0.15, 0.2) is 41.4 Å². The number of carbonyl (C=O) groups is 1. The number of esters is 1. The van der Waals surface area contributed by atoms with Gasteiger partial charge in [0.2, 0.25) is 0 Å². The van der Waals surface area contributed by atoms with Gasteiger partial charge in [-0.25, -0.2) is 9.97 Å². The lowest BCUT2D eigenvalue weighted by atomic mass is 9.76. The first-order chi connectivity index (χ1) is 30.3. The molecule has 15 nitrogen and oxygen atoms in total. The molecule has 0 amide bonds. The molecule has 0 aliphatic heterocycles. The minimum Gasteiger partial charge on any atom is -0.463 e. The van der Waals surface area contributed by atoms with Crippen molar-refractivity contribution in [1.82, 2.24) is 29.1 Å². The van der Waals surface area contributed by atoms with E-state index in [-0.39, 0.29) is 32.0 Å². The van der Waals surface area contributed by atoms with Crippen LogP contribution in [0.3, 0.4) is 0 Å². The summed E-state index contributed by atoms with van der Waals surface area (Å²) in [4.78, 5) is 30.3. The van der Waals surface area contributed by atoms with Crippen LogP contribution in [0, 0.1) is 5.92 Å². The van der Waals surface area contributed by atoms with Crippen molar-refractivity contribution in [1.29, 1.82) is 0 Å². The van der Waals surface area contributed by atoms with Crippen LogP contribution < -0.4 is 4.90 Å². The maximum absolute atomic E-state index is 13.2. The molecule has 0 N–H and O–H groups in total. The van der Waals surface area contributed by atoms with E-state index in [9.17, 15) is 4.79 Å². The highest BCUT2D eigenvalue weighted by atomic mass is 79.9. The van der Waals surface area contributed by atoms with Crippen LogP contribution in [0.1, 0.15) is 31.4 Å². The topological polar surface area (TPSA) is 146 Å². The molecule has 0 atom stereocenters. The number of rotatable bonds is 27. The first kappa shape index (κ1) is 52.1. The van der Waals surface area contributed by atoms with E-state index in [1.54, 1.807) is 20.4 Å². The third kappa shape index (κ3) is 15.1. The van der Waals surface area contributed by atoms with Crippen molar-refractivity contribution in [2.75, 3.05) is 78.8 Å². The lowest BCUT2D eigenvalue weighted by molar-refractivity contribution is -0.155. The number of pyridine rings is 1. The van der Waals surface area contributed by atoms with Gasteiger partial charge in [0.25, 0.3) is 0 Å². The average Bonchev–Trinajstić information content (AvgIpc) is 3.88. The summed E-state index contributed by atoms with van der Waals surface area (Å²) in [7, 11) is -0.669. The highest BCUT2D eigenvalue weighted by Gasteiger charge is 2.44. The van der Waals surface area contributed by atoms with E-state index >= 15 is 0 Å². The van der Waals surface area contributed by atoms with E-state index < -0.39 is 29.8 Å². The van der Waals surface area contributed by atoms with E-state index in [2.05, 4.69) is 84.7 Å². The van der Waals surface area contributed by atoms with Crippen molar-refractivity contribution >= 4 is 57.6 Å². The Kier molecular flexibility index (Phi) is 19.3. The van der Waals surface area contributed by atoms with Crippen LogP contribution in [0.25, 0.3) is 28.3 Å². The Morgan fingerprint density at radius 3 is 1.98 bits per heavy atom. The predicted molar refractivity (Wildman–Crippen MR) is 264 cm³/mol. The number of anilines is 1. The van der Waals surface area contributed by atoms with Gasteiger partial charge in [0.1, 0.15) is 38.1 Å². The predicted octanol–water partition coefficient (Wildman–Crippen LogP) is 9.40. The zero-order valence-corrected chi connectivity index (χ0v) is 44.9. The first-order valence-electron chi connectivity index (χ1n) is 22.7. The summed E-state index contributed by atoms with van der Waals surface area (Å²) in [5.74, 6) is 0.993. The van der Waals surface area contributed by atoms with Gasteiger partial charge < -0.3 is 42.6 Å². The number of nitrogens with zero attached hydrogens (tertiary/aromatic N) is 7. The van der Waals surface area contributed by atoms with Crippen molar-refractivity contribution in [3.63, 3.8) is 0 Å². The molecule has 5 rings (SSSR count). The Morgan fingerprint density at radius 2 is 1.41 bits per heavy atom. The molecule has 1 fully saturated rings. The van der Waals surface area contributed by atoms with E-state index in [1.165, 1.54) is 0 Å². The van der Waals surface area contributed by atoms with Crippen molar-refractivity contribution < 1.29 is 38.0 Å². The molecule has 4 heterocycles. The molecule has 0 spiro atoms. The molecule has 356 valence electrons. The van der Waals surface area contributed by atoms with Gasteiger partial charge in [-0.2, -0.15) is 9.61 Å². The molecule has 1 saturated carbocycles. The Balaban J connectivity index is 1.58. The third-order valence-electron chi connectivity index (χ3n) is 11.4. The fourth-order valence-corrected chi connectivity index (χ4v) is 10.4. The monoisotopic (exact) mass is 1000 g/mol. The van der Waals surface area contributed by atoms with E-state index in [4.69, 9.17) is 48.2 Å². The highest BCUT2D eigenvalue weighted by Crippen LogP contribution is 2.47. The van der Waals surface area contributed by atoms with Gasteiger partial charge >= 0.3 is 5.97 Å². The van der Waals surface area contributed by atoms with E-state index in [0.717, 1.165) is 57.7 Å². The summed E-state index contributed by atoms with van der Waals surface area (Å²) < 4.78 is 46.6. The number of ether oxygens (including phenoxy) is 7. The van der Waals surface area contributed by atoms with Crippen molar-refractivity contribution in [2.45, 2.75) is 115 Å². The zero-order valence-electron chi connectivity index (χ0n) is 40.3. The van der Waals surface area contributed by atoms with Crippen LogP contribution in [0.4, 0.5) is 5.82 Å². The molecule has 0 bridgehead atoms. The van der Waals surface area contributed by atoms with E-state index in [1.807, 2.05) is 39.8 Å². The van der Waals surface area contributed by atoms with Gasteiger partial charge in [0.15, 0.2) is 17.3 Å². The number of aromatic nitrogens is 6. The molecule has 0 aromatic carbocycles. The molecule has 0 unspecified atom stereocenters. The van der Waals surface area contributed by atoms with Crippen LogP contribution >= 0.6 is 15.9 Å². The van der Waals surface area contributed by atoms with Gasteiger partial charge in [-0.3, -0.25) is 9.78 Å². The smallest absolute Gasteiger partial charge is 0.309 e. The second-order valence-corrected chi connectivity index (χ2v) is 38.1. The van der Waals surface area contributed by atoms with Crippen LogP contribution in [-0.2, 0) is 50.3 Å². The number of hydrogen-bond acceptors (Lipinski definition) is 13. The lowest BCUT2D eigenvalue weighted by Crippen LogP contribution is -2.40. The summed E-state index contributed by atoms with van der Waals surface area (Å²) in [5.41, 5.74) is 2.86. The summed E-state index contributed by atoms with van der Waals surface area (Å²) in [6.07, 6.45) is 9.59. The fraction of sp³-hybridized carbons (Fsp3) is 0.667. The second-order valence-electron chi connectivity index (χ2n) is 20.4. The van der Waals surface area contributed by atoms with Gasteiger partial charge in [0, 0.05) is 88.0 Å². The van der Waals surface area contributed by atoms with Crippen molar-refractivity contribution in [2.24, 2.45) is 5.92 Å². The molecule has 64 heavy (non-hydrogen) atoms. The largest absolute Gasteiger partial charge is 0.463 e. The summed E-state index contributed by atoms with van der Waals surface area (Å²) in [6, 6.07) is 7.17. The Labute approximate surface area is 392 Å². The number of imidazole rings is 1. The minimum atomic E-state index is -1.36.